The van der Waals surface area contributed by atoms with Crippen LogP contribution in [0.5, 0.6) is 17.2 Å². The van der Waals surface area contributed by atoms with Crippen LogP contribution in [-0.4, -0.2) is 35.8 Å². The van der Waals surface area contributed by atoms with Crippen molar-refractivity contribution in [2.24, 2.45) is 4.99 Å². The number of hydrogen-bond donors (Lipinski definition) is 1. The number of hydrogen-bond acceptors (Lipinski definition) is 5. The summed E-state index contributed by atoms with van der Waals surface area (Å²) in [5.74, 6) is 0.347. The van der Waals surface area contributed by atoms with Crippen LogP contribution in [0.2, 0.25) is 0 Å². The van der Waals surface area contributed by atoms with Gasteiger partial charge in [-0.1, -0.05) is 52.3 Å². The summed E-state index contributed by atoms with van der Waals surface area (Å²) in [7, 11) is 0. The average Bonchev–Trinajstić information content (AvgIpc) is 2.81. The van der Waals surface area contributed by atoms with Crippen molar-refractivity contribution in [3.63, 3.8) is 0 Å². The van der Waals surface area contributed by atoms with Gasteiger partial charge in [-0.15, -0.1) is 0 Å². The second-order valence-corrected chi connectivity index (χ2v) is 7.98. The van der Waals surface area contributed by atoms with E-state index < -0.39 is 5.97 Å². The lowest BCUT2D eigenvalue weighted by Gasteiger charge is -2.07. The third-order valence-electron chi connectivity index (χ3n) is 4.69. The van der Waals surface area contributed by atoms with Gasteiger partial charge in [0.1, 0.15) is 12.3 Å². The lowest BCUT2D eigenvalue weighted by Crippen LogP contribution is -2.11. The molecule has 0 bridgehead atoms. The summed E-state index contributed by atoms with van der Waals surface area (Å²) >= 11 is 3.38. The molecule has 0 aliphatic carbocycles. The van der Waals surface area contributed by atoms with Crippen LogP contribution in [0.4, 0.5) is 0 Å². The van der Waals surface area contributed by atoms with Gasteiger partial charge in [0.25, 0.3) is 0 Å². The first kappa shape index (κ1) is 23.5. The quantitative estimate of drug-likeness (QED) is 0.168. The van der Waals surface area contributed by atoms with Crippen LogP contribution in [0.1, 0.15) is 23.1 Å². The number of benzene rings is 3. The molecule has 0 aliphatic rings. The van der Waals surface area contributed by atoms with Crippen LogP contribution in [0.25, 0.3) is 0 Å². The van der Waals surface area contributed by atoms with Crippen LogP contribution in [-0.2, 0) is 17.6 Å². The molecule has 0 amide bonds. The summed E-state index contributed by atoms with van der Waals surface area (Å²) in [5, 5.41) is 11.0. The topological polar surface area (TPSA) is 68.1 Å². The summed E-state index contributed by atoms with van der Waals surface area (Å²) in [6.07, 6.45) is 4.27. The maximum Gasteiger partial charge on any atom is 0.333 e. The lowest BCUT2D eigenvalue weighted by atomic mass is 10.1. The number of carbonyl (C=O) groups is 1. The number of phenols is 1. The number of esters is 1. The van der Waals surface area contributed by atoms with E-state index >= 15 is 0 Å². The Bertz CT molecular complexity index is 1020. The summed E-state index contributed by atoms with van der Waals surface area (Å²) in [4.78, 5) is 16.2. The fourth-order valence-corrected chi connectivity index (χ4v) is 3.32. The van der Waals surface area contributed by atoms with E-state index in [1.165, 1.54) is 5.56 Å². The van der Waals surface area contributed by atoms with Crippen LogP contribution >= 0.6 is 15.9 Å². The number of alkyl halides is 1. The van der Waals surface area contributed by atoms with Gasteiger partial charge in [0.15, 0.2) is 11.5 Å². The monoisotopic (exact) mass is 495 g/mol. The highest BCUT2D eigenvalue weighted by Gasteiger charge is 2.09. The number of ether oxygens (including phenoxy) is 2. The van der Waals surface area contributed by atoms with Gasteiger partial charge in [0.05, 0.1) is 6.61 Å². The van der Waals surface area contributed by atoms with Crippen LogP contribution in [0.3, 0.4) is 0 Å². The Kier molecular flexibility index (Phi) is 9.32. The zero-order chi connectivity index (χ0) is 22.6. The van der Waals surface area contributed by atoms with Crippen LogP contribution in [0, 0.1) is 0 Å². The maximum atomic E-state index is 12.0. The van der Waals surface area contributed by atoms with Gasteiger partial charge in [-0.05, 0) is 65.9 Å². The fraction of sp³-hybridized carbons (Fsp3) is 0.231. The van der Waals surface area contributed by atoms with Crippen LogP contribution < -0.4 is 9.47 Å². The van der Waals surface area contributed by atoms with Crippen molar-refractivity contribution in [3.8, 4) is 17.2 Å². The highest BCUT2D eigenvalue weighted by Crippen LogP contribution is 2.27. The summed E-state index contributed by atoms with van der Waals surface area (Å²) in [6.45, 7) is 0.466. The molecule has 32 heavy (non-hydrogen) atoms. The highest BCUT2D eigenvalue weighted by molar-refractivity contribution is 9.09. The Balaban J connectivity index is 1.42. The predicted molar refractivity (Wildman–Crippen MR) is 130 cm³/mol. The molecular weight excluding hydrogens is 470 g/mol. The number of aliphatic imine (C=N–C) groups is 1. The lowest BCUT2D eigenvalue weighted by molar-refractivity contribution is -0.132. The molecule has 0 atom stereocenters. The van der Waals surface area contributed by atoms with Gasteiger partial charge in [0, 0.05) is 18.0 Å². The normalized spacial score (nSPS) is 10.9. The molecule has 5 nitrogen and oxygen atoms in total. The summed E-state index contributed by atoms with van der Waals surface area (Å²) in [6, 6.07) is 22.8. The molecular formula is C26H26BrNO4. The second-order valence-electron chi connectivity index (χ2n) is 7.19. The zero-order valence-corrected chi connectivity index (χ0v) is 19.3. The standard InChI is InChI=1S/C26H26BrNO4/c27-15-4-7-21-10-13-25(24(29)17-21)32-26(30)19-28-18-22-8-11-23(12-9-22)31-16-14-20-5-2-1-3-6-20/h1-3,5-6,8-13,17-18,29H,4,7,14-16,19H2. The van der Waals surface area contributed by atoms with E-state index in [0.717, 1.165) is 41.5 Å². The third kappa shape index (κ3) is 7.85. The molecule has 0 heterocycles. The van der Waals surface area contributed by atoms with E-state index in [-0.39, 0.29) is 18.0 Å². The zero-order valence-electron chi connectivity index (χ0n) is 17.7. The molecule has 3 aromatic carbocycles. The first-order valence-electron chi connectivity index (χ1n) is 10.5. The minimum absolute atomic E-state index is 0.0442. The van der Waals surface area contributed by atoms with E-state index in [1.54, 1.807) is 18.3 Å². The molecule has 1 N–H and O–H groups in total. The number of aryl methyl sites for hydroxylation is 1. The Labute approximate surface area is 196 Å². The Morgan fingerprint density at radius 3 is 2.47 bits per heavy atom. The minimum Gasteiger partial charge on any atom is -0.504 e. The third-order valence-corrected chi connectivity index (χ3v) is 5.25. The molecule has 0 unspecified atom stereocenters. The molecule has 0 saturated heterocycles. The Hall–Kier alpha value is -3.12. The van der Waals surface area contributed by atoms with E-state index in [4.69, 9.17) is 9.47 Å². The SMILES string of the molecule is O=C(CN=Cc1ccc(OCCc2ccccc2)cc1)Oc1ccc(CCCBr)cc1O. The van der Waals surface area contributed by atoms with Gasteiger partial charge in [-0.3, -0.25) is 4.99 Å². The van der Waals surface area contributed by atoms with Crippen molar-refractivity contribution in [1.82, 2.24) is 0 Å². The van der Waals surface area contributed by atoms with E-state index in [2.05, 4.69) is 33.1 Å². The average molecular weight is 496 g/mol. The van der Waals surface area contributed by atoms with E-state index in [9.17, 15) is 9.90 Å². The number of aromatic hydroxyl groups is 1. The number of nitrogens with zero attached hydrogens (tertiary/aromatic N) is 1. The van der Waals surface area contributed by atoms with Gasteiger partial charge in [-0.25, -0.2) is 4.79 Å². The van der Waals surface area contributed by atoms with Crippen LogP contribution in [0.15, 0.2) is 77.8 Å². The highest BCUT2D eigenvalue weighted by atomic mass is 79.9. The molecule has 0 spiro atoms. The molecule has 0 saturated carbocycles. The summed E-state index contributed by atoms with van der Waals surface area (Å²) in [5.41, 5.74) is 3.08. The van der Waals surface area contributed by atoms with Gasteiger partial charge >= 0.3 is 5.97 Å². The number of phenolic OH excluding ortho intramolecular Hbond substituents is 1. The van der Waals surface area contributed by atoms with Crippen molar-refractivity contribution < 1.29 is 19.4 Å². The molecule has 166 valence electrons. The smallest absolute Gasteiger partial charge is 0.333 e. The number of halogens is 1. The molecule has 0 aromatic heterocycles. The Morgan fingerprint density at radius 2 is 1.75 bits per heavy atom. The molecule has 0 radical (unpaired) electrons. The van der Waals surface area contributed by atoms with Crippen molar-refractivity contribution in [1.29, 1.82) is 0 Å². The first-order chi connectivity index (χ1) is 15.6. The largest absolute Gasteiger partial charge is 0.504 e. The van der Waals surface area contributed by atoms with E-state index in [1.807, 2.05) is 48.5 Å². The molecule has 6 heteroatoms. The molecule has 0 fully saturated rings. The Morgan fingerprint density at radius 1 is 0.969 bits per heavy atom. The van der Waals surface area contributed by atoms with Crippen molar-refractivity contribution >= 4 is 28.1 Å². The number of carbonyl (C=O) groups excluding carboxylic acids is 1. The maximum absolute atomic E-state index is 12.0. The summed E-state index contributed by atoms with van der Waals surface area (Å²) < 4.78 is 11.0. The van der Waals surface area contributed by atoms with E-state index in [0.29, 0.717) is 6.61 Å². The van der Waals surface area contributed by atoms with Crippen molar-refractivity contribution in [2.45, 2.75) is 19.3 Å². The van der Waals surface area contributed by atoms with Gasteiger partial charge in [0.2, 0.25) is 0 Å². The molecule has 3 rings (SSSR count). The van der Waals surface area contributed by atoms with Gasteiger partial charge in [-0.2, -0.15) is 0 Å². The molecule has 3 aromatic rings. The van der Waals surface area contributed by atoms with Crippen molar-refractivity contribution in [3.05, 3.63) is 89.5 Å². The van der Waals surface area contributed by atoms with Crippen molar-refractivity contribution in [2.75, 3.05) is 18.5 Å². The molecule has 0 aliphatic heterocycles. The second kappa shape index (κ2) is 12.7. The van der Waals surface area contributed by atoms with Gasteiger partial charge < -0.3 is 14.6 Å². The minimum atomic E-state index is -0.536. The fourth-order valence-electron chi connectivity index (χ4n) is 3.04. The first-order valence-corrected chi connectivity index (χ1v) is 11.6. The number of rotatable bonds is 11. The predicted octanol–water partition coefficient (Wildman–Crippen LogP) is 5.37.